The quantitative estimate of drug-likeness (QED) is 0.867. The Hall–Kier alpha value is -2.23. The molecule has 0 saturated carbocycles. The summed E-state index contributed by atoms with van der Waals surface area (Å²) in [5.74, 6) is 0.105. The summed E-state index contributed by atoms with van der Waals surface area (Å²) in [5, 5.41) is 1.89. The average molecular weight is 311 g/mol. The number of anilines is 1. The lowest BCUT2D eigenvalue weighted by Crippen LogP contribution is -2.51. The molecular weight excluding hydrogens is 286 g/mol. The molecule has 0 bridgehead atoms. The van der Waals surface area contributed by atoms with E-state index in [9.17, 15) is 4.79 Å². The SMILES string of the molecule is CCc1ccccc1N1CCC(N(C(C)=O)n2cccc2)CC1. The number of hydrogen-bond donors (Lipinski definition) is 0. The Balaban J connectivity index is 1.71. The van der Waals surface area contributed by atoms with Crippen molar-refractivity contribution in [1.82, 2.24) is 4.68 Å². The Kier molecular flexibility index (Phi) is 4.70. The van der Waals surface area contributed by atoms with Crippen LogP contribution >= 0.6 is 0 Å². The van der Waals surface area contributed by atoms with Crippen LogP contribution in [0, 0.1) is 0 Å². The zero-order valence-corrected chi connectivity index (χ0v) is 14.0. The molecule has 0 unspecified atom stereocenters. The lowest BCUT2D eigenvalue weighted by molar-refractivity contribution is -0.118. The van der Waals surface area contributed by atoms with E-state index in [1.54, 1.807) is 6.92 Å². The van der Waals surface area contributed by atoms with Gasteiger partial charge in [-0.15, -0.1) is 0 Å². The minimum absolute atomic E-state index is 0.105. The molecule has 0 spiro atoms. The maximum Gasteiger partial charge on any atom is 0.238 e. The number of hydrogen-bond acceptors (Lipinski definition) is 2. The highest BCUT2D eigenvalue weighted by molar-refractivity contribution is 5.84. The Morgan fingerprint density at radius 1 is 1.13 bits per heavy atom. The molecule has 1 saturated heterocycles. The fourth-order valence-corrected chi connectivity index (χ4v) is 3.55. The Morgan fingerprint density at radius 2 is 1.78 bits per heavy atom. The molecule has 4 nitrogen and oxygen atoms in total. The Morgan fingerprint density at radius 3 is 2.39 bits per heavy atom. The topological polar surface area (TPSA) is 28.5 Å². The molecule has 1 aliphatic rings. The van der Waals surface area contributed by atoms with Crippen molar-refractivity contribution >= 4 is 11.6 Å². The minimum atomic E-state index is 0.105. The van der Waals surface area contributed by atoms with E-state index in [2.05, 4.69) is 36.1 Å². The van der Waals surface area contributed by atoms with Gasteiger partial charge in [0.1, 0.15) is 0 Å². The van der Waals surface area contributed by atoms with Crippen LogP contribution < -0.4 is 9.91 Å². The van der Waals surface area contributed by atoms with Crippen molar-refractivity contribution in [3.8, 4) is 0 Å². The van der Waals surface area contributed by atoms with Gasteiger partial charge in [-0.1, -0.05) is 25.1 Å². The number of rotatable bonds is 4. The molecule has 0 N–H and O–H groups in total. The molecule has 2 aromatic rings. The molecule has 0 aliphatic carbocycles. The molecule has 2 heterocycles. The summed E-state index contributed by atoms with van der Waals surface area (Å²) in [4.78, 5) is 14.5. The van der Waals surface area contributed by atoms with Crippen molar-refractivity contribution < 1.29 is 4.79 Å². The van der Waals surface area contributed by atoms with Gasteiger partial charge in [0.15, 0.2) is 0 Å². The zero-order chi connectivity index (χ0) is 16.2. The van der Waals surface area contributed by atoms with Crippen LogP contribution in [0.1, 0.15) is 32.3 Å². The fraction of sp³-hybridized carbons (Fsp3) is 0.421. The molecular formula is C19H25N3O. The molecule has 4 heteroatoms. The number of para-hydroxylation sites is 1. The lowest BCUT2D eigenvalue weighted by atomic mass is 10.0. The van der Waals surface area contributed by atoms with E-state index in [4.69, 9.17) is 0 Å². The number of carbonyl (C=O) groups excluding carboxylic acids is 1. The second-order valence-corrected chi connectivity index (χ2v) is 6.13. The van der Waals surface area contributed by atoms with E-state index in [0.29, 0.717) is 0 Å². The number of aryl methyl sites for hydroxylation is 1. The zero-order valence-electron chi connectivity index (χ0n) is 14.0. The number of piperidine rings is 1. The third-order valence-electron chi connectivity index (χ3n) is 4.68. The van der Waals surface area contributed by atoms with E-state index in [1.807, 2.05) is 34.2 Å². The highest BCUT2D eigenvalue weighted by Gasteiger charge is 2.27. The van der Waals surface area contributed by atoms with E-state index in [1.165, 1.54) is 11.3 Å². The molecule has 1 aromatic heterocycles. The van der Waals surface area contributed by atoms with Crippen molar-refractivity contribution in [3.05, 3.63) is 54.4 Å². The van der Waals surface area contributed by atoms with Gasteiger partial charge < -0.3 is 4.90 Å². The number of nitrogens with zero attached hydrogens (tertiary/aromatic N) is 3. The first-order valence-corrected chi connectivity index (χ1v) is 8.46. The Bertz CT molecular complexity index is 642. The van der Waals surface area contributed by atoms with E-state index in [-0.39, 0.29) is 11.9 Å². The molecule has 1 aliphatic heterocycles. The molecule has 0 atom stereocenters. The van der Waals surface area contributed by atoms with Crippen molar-refractivity contribution in [2.45, 2.75) is 39.2 Å². The van der Waals surface area contributed by atoms with Crippen LogP contribution in [0.25, 0.3) is 0 Å². The Labute approximate surface area is 138 Å². The van der Waals surface area contributed by atoms with E-state index >= 15 is 0 Å². The van der Waals surface area contributed by atoms with Gasteiger partial charge in [0.25, 0.3) is 0 Å². The van der Waals surface area contributed by atoms with Gasteiger partial charge in [-0.25, -0.2) is 5.01 Å². The van der Waals surface area contributed by atoms with Gasteiger partial charge in [-0.2, -0.15) is 0 Å². The molecule has 1 fully saturated rings. The van der Waals surface area contributed by atoms with Crippen molar-refractivity contribution in [3.63, 3.8) is 0 Å². The summed E-state index contributed by atoms with van der Waals surface area (Å²) in [7, 11) is 0. The molecule has 1 aromatic carbocycles. The summed E-state index contributed by atoms with van der Waals surface area (Å²) in [5.41, 5.74) is 2.75. The predicted molar refractivity (Wildman–Crippen MR) is 94.4 cm³/mol. The number of amides is 1. The monoisotopic (exact) mass is 311 g/mol. The maximum absolute atomic E-state index is 12.1. The lowest BCUT2D eigenvalue weighted by Gasteiger charge is -2.39. The van der Waals surface area contributed by atoms with Gasteiger partial charge in [0.05, 0.1) is 6.04 Å². The van der Waals surface area contributed by atoms with Gasteiger partial charge >= 0.3 is 0 Å². The van der Waals surface area contributed by atoms with Gasteiger partial charge in [0, 0.05) is 38.1 Å². The predicted octanol–water partition coefficient (Wildman–Crippen LogP) is 3.20. The molecule has 1 amide bonds. The largest absolute Gasteiger partial charge is 0.371 e. The standard InChI is InChI=1S/C19H25N3O/c1-3-17-8-4-5-9-19(17)20-14-10-18(11-15-20)22(16(2)23)21-12-6-7-13-21/h4-9,12-13,18H,3,10-11,14-15H2,1-2H3. The van der Waals surface area contributed by atoms with E-state index < -0.39 is 0 Å². The van der Waals surface area contributed by atoms with Crippen LogP contribution in [0.5, 0.6) is 0 Å². The van der Waals surface area contributed by atoms with Crippen LogP contribution in [0.15, 0.2) is 48.8 Å². The van der Waals surface area contributed by atoms with Crippen LogP contribution in [-0.4, -0.2) is 29.7 Å². The molecule has 122 valence electrons. The van der Waals surface area contributed by atoms with Crippen LogP contribution in [0.2, 0.25) is 0 Å². The molecule has 0 radical (unpaired) electrons. The van der Waals surface area contributed by atoms with Crippen LogP contribution in [-0.2, 0) is 11.2 Å². The number of aromatic nitrogens is 1. The number of carbonyl (C=O) groups is 1. The van der Waals surface area contributed by atoms with Gasteiger partial charge in [0.2, 0.25) is 5.91 Å². The van der Waals surface area contributed by atoms with E-state index in [0.717, 1.165) is 32.4 Å². The van der Waals surface area contributed by atoms with Crippen molar-refractivity contribution in [1.29, 1.82) is 0 Å². The number of benzene rings is 1. The average Bonchev–Trinajstić information content (AvgIpc) is 3.09. The summed E-state index contributed by atoms with van der Waals surface area (Å²) in [6.45, 7) is 5.84. The second kappa shape index (κ2) is 6.90. The fourth-order valence-electron chi connectivity index (χ4n) is 3.55. The van der Waals surface area contributed by atoms with Crippen LogP contribution in [0.3, 0.4) is 0 Å². The first kappa shape index (κ1) is 15.7. The second-order valence-electron chi connectivity index (χ2n) is 6.13. The highest BCUT2D eigenvalue weighted by Crippen LogP contribution is 2.26. The third-order valence-corrected chi connectivity index (χ3v) is 4.68. The smallest absolute Gasteiger partial charge is 0.238 e. The summed E-state index contributed by atoms with van der Waals surface area (Å²) < 4.78 is 1.92. The third kappa shape index (κ3) is 3.26. The summed E-state index contributed by atoms with van der Waals surface area (Å²) in [6, 6.07) is 12.8. The maximum atomic E-state index is 12.1. The van der Waals surface area contributed by atoms with Gasteiger partial charge in [-0.05, 0) is 43.0 Å². The van der Waals surface area contributed by atoms with Crippen molar-refractivity contribution in [2.24, 2.45) is 0 Å². The first-order valence-electron chi connectivity index (χ1n) is 8.46. The molecule has 3 rings (SSSR count). The highest BCUT2D eigenvalue weighted by atomic mass is 16.2. The first-order chi connectivity index (χ1) is 11.2. The summed E-state index contributed by atoms with van der Waals surface area (Å²) >= 11 is 0. The molecule has 23 heavy (non-hydrogen) atoms. The summed E-state index contributed by atoms with van der Waals surface area (Å²) in [6.07, 6.45) is 6.94. The minimum Gasteiger partial charge on any atom is -0.371 e. The van der Waals surface area contributed by atoms with Crippen LogP contribution in [0.4, 0.5) is 5.69 Å². The van der Waals surface area contributed by atoms with Crippen molar-refractivity contribution in [2.75, 3.05) is 23.0 Å². The van der Waals surface area contributed by atoms with Gasteiger partial charge in [-0.3, -0.25) is 9.47 Å². The normalized spacial score (nSPS) is 15.7.